The molecule has 0 spiro atoms. The number of thioether (sulfide) groups is 1. The number of fused-ring (bicyclic) bond motifs is 1. The van der Waals surface area contributed by atoms with Gasteiger partial charge in [0.2, 0.25) is 0 Å². The van der Waals surface area contributed by atoms with Crippen molar-refractivity contribution >= 4 is 17.7 Å². The topological polar surface area (TPSA) is 62.7 Å². The van der Waals surface area contributed by atoms with E-state index >= 15 is 0 Å². The molecule has 2 heterocycles. The quantitative estimate of drug-likeness (QED) is 0.800. The van der Waals surface area contributed by atoms with E-state index in [1.165, 1.54) is 22.9 Å². The second-order valence-corrected chi connectivity index (χ2v) is 6.56. The van der Waals surface area contributed by atoms with Crippen LogP contribution < -0.4 is 0 Å². The lowest BCUT2D eigenvalue weighted by molar-refractivity contribution is -0.132. The molecule has 0 fully saturated rings. The van der Waals surface area contributed by atoms with Gasteiger partial charge in [-0.3, -0.25) is 14.6 Å². The van der Waals surface area contributed by atoms with Crippen LogP contribution in [-0.4, -0.2) is 47.1 Å². The second kappa shape index (κ2) is 7.95. The molecule has 1 aliphatic rings. The maximum absolute atomic E-state index is 14.3. The molecule has 0 saturated carbocycles. The number of aliphatic hydroxyl groups excluding tert-OH is 1. The maximum atomic E-state index is 14.3. The number of aliphatic hydroxyl groups is 1. The summed E-state index contributed by atoms with van der Waals surface area (Å²) < 4.78 is 14.3. The predicted octanol–water partition coefficient (Wildman–Crippen LogP) is 2.46. The minimum Gasteiger partial charge on any atom is -0.394 e. The van der Waals surface area contributed by atoms with Gasteiger partial charge in [0.05, 0.1) is 25.3 Å². The zero-order chi connectivity index (χ0) is 17.8. The third kappa shape index (κ3) is 3.84. The predicted molar refractivity (Wildman–Crippen MR) is 93.0 cm³/mol. The van der Waals surface area contributed by atoms with Crippen molar-refractivity contribution in [2.24, 2.45) is 0 Å². The molecule has 5 nitrogen and oxygen atoms in total. The molecule has 1 aromatic carbocycles. The van der Waals surface area contributed by atoms with Crippen molar-refractivity contribution in [3.63, 3.8) is 0 Å². The fourth-order valence-corrected chi connectivity index (χ4v) is 3.30. The number of pyridine rings is 1. The number of hydrogen-bond donors (Lipinski definition) is 1. The number of hydrogen-bond acceptors (Lipinski definition) is 5. The molecule has 7 heteroatoms. The summed E-state index contributed by atoms with van der Waals surface area (Å²) in [5.74, 6) is -0.561. The summed E-state index contributed by atoms with van der Waals surface area (Å²) in [5.41, 5.74) is 2.56. The zero-order valence-electron chi connectivity index (χ0n) is 13.9. The van der Waals surface area contributed by atoms with E-state index in [4.69, 9.17) is 9.94 Å². The number of carbonyl (C=O) groups excluding carboxylic acids is 1. The molecule has 2 aromatic rings. The highest BCUT2D eigenvalue weighted by Gasteiger charge is 2.28. The van der Waals surface area contributed by atoms with E-state index in [9.17, 15) is 9.18 Å². The van der Waals surface area contributed by atoms with Crippen LogP contribution in [-0.2, 0) is 17.7 Å². The Bertz CT molecular complexity index is 785. The van der Waals surface area contributed by atoms with Crippen LogP contribution in [0.5, 0.6) is 0 Å². The average molecular weight is 362 g/mol. The number of nitrogens with zero attached hydrogens (tertiary/aromatic N) is 2. The van der Waals surface area contributed by atoms with Crippen LogP contribution in [0, 0.1) is 5.82 Å². The average Bonchev–Trinajstić information content (AvgIpc) is 2.63. The normalized spacial score (nSPS) is 13.9. The summed E-state index contributed by atoms with van der Waals surface area (Å²) in [6.07, 6.45) is 6.07. The number of benzene rings is 1. The van der Waals surface area contributed by atoms with Crippen LogP contribution in [0.25, 0.3) is 0 Å². The van der Waals surface area contributed by atoms with Gasteiger partial charge in [0.1, 0.15) is 5.82 Å². The number of carbonyl (C=O) groups is 1. The van der Waals surface area contributed by atoms with Crippen molar-refractivity contribution < 1.29 is 19.1 Å². The van der Waals surface area contributed by atoms with E-state index in [0.29, 0.717) is 29.7 Å². The Morgan fingerprint density at radius 3 is 2.92 bits per heavy atom. The fourth-order valence-electron chi connectivity index (χ4n) is 2.88. The Morgan fingerprint density at radius 2 is 2.20 bits per heavy atom. The lowest BCUT2D eigenvalue weighted by Crippen LogP contribution is -2.39. The first kappa shape index (κ1) is 17.8. The van der Waals surface area contributed by atoms with Crippen LogP contribution in [0.15, 0.2) is 35.5 Å². The Hall–Kier alpha value is -1.96. The summed E-state index contributed by atoms with van der Waals surface area (Å²) >= 11 is 1.48. The zero-order valence-corrected chi connectivity index (χ0v) is 14.7. The minimum absolute atomic E-state index is 0.0618. The first-order valence-corrected chi connectivity index (χ1v) is 9.20. The highest BCUT2D eigenvalue weighted by atomic mass is 32.2. The molecule has 1 N–H and O–H groups in total. The van der Waals surface area contributed by atoms with Crippen LogP contribution in [0.3, 0.4) is 0 Å². The summed E-state index contributed by atoms with van der Waals surface area (Å²) in [6, 6.07) is 5.11. The van der Waals surface area contributed by atoms with Crippen LogP contribution in [0.4, 0.5) is 4.39 Å². The molecule has 0 bridgehead atoms. The molecule has 0 radical (unpaired) electrons. The number of aromatic nitrogens is 1. The van der Waals surface area contributed by atoms with E-state index in [2.05, 4.69) is 4.98 Å². The number of halogens is 1. The van der Waals surface area contributed by atoms with E-state index < -0.39 is 0 Å². The summed E-state index contributed by atoms with van der Waals surface area (Å²) in [5, 5.41) is 10.1. The monoisotopic (exact) mass is 362 g/mol. The molecular weight excluding hydrogens is 343 g/mol. The number of rotatable bonds is 6. The van der Waals surface area contributed by atoms with Crippen molar-refractivity contribution in [3.05, 3.63) is 58.7 Å². The van der Waals surface area contributed by atoms with Gasteiger partial charge in [-0.15, -0.1) is 11.8 Å². The molecule has 0 aliphatic carbocycles. The lowest BCUT2D eigenvalue weighted by Gasteiger charge is -2.28. The fraction of sp³-hybridized carbons (Fsp3) is 0.333. The third-order valence-electron chi connectivity index (χ3n) is 4.11. The summed E-state index contributed by atoms with van der Waals surface area (Å²) in [4.78, 5) is 23.1. The van der Waals surface area contributed by atoms with Gasteiger partial charge in [0.25, 0.3) is 5.91 Å². The second-order valence-electron chi connectivity index (χ2n) is 5.68. The standard InChI is InChI=1S/C18H19FN2O3S/c1-25-15-3-2-12(16(19)9-15)8-14-11-20-10-13-4-5-21(24-7-6-22)18(23)17(13)14/h2-3,9-11,22H,4-8H2,1H3. The van der Waals surface area contributed by atoms with E-state index in [1.54, 1.807) is 18.5 Å². The van der Waals surface area contributed by atoms with E-state index in [1.807, 2.05) is 12.3 Å². The Balaban J connectivity index is 1.90. The van der Waals surface area contributed by atoms with Gasteiger partial charge in [-0.25, -0.2) is 9.45 Å². The molecule has 0 saturated heterocycles. The van der Waals surface area contributed by atoms with Crippen molar-refractivity contribution in [1.29, 1.82) is 0 Å². The Kier molecular flexibility index (Phi) is 5.67. The van der Waals surface area contributed by atoms with Gasteiger partial charge in [0, 0.05) is 23.7 Å². The molecular formula is C18H19FN2O3S. The Morgan fingerprint density at radius 1 is 1.36 bits per heavy atom. The van der Waals surface area contributed by atoms with Gasteiger partial charge in [-0.2, -0.15) is 0 Å². The van der Waals surface area contributed by atoms with Crippen molar-refractivity contribution in [2.45, 2.75) is 17.7 Å². The van der Waals surface area contributed by atoms with Gasteiger partial charge in [0.15, 0.2) is 0 Å². The van der Waals surface area contributed by atoms with Crippen molar-refractivity contribution in [1.82, 2.24) is 10.0 Å². The molecule has 1 aromatic heterocycles. The largest absolute Gasteiger partial charge is 0.394 e. The smallest absolute Gasteiger partial charge is 0.278 e. The molecule has 3 rings (SSSR count). The summed E-state index contributed by atoms with van der Waals surface area (Å²) in [7, 11) is 0. The lowest BCUT2D eigenvalue weighted by atomic mass is 9.94. The highest BCUT2D eigenvalue weighted by Crippen LogP contribution is 2.26. The van der Waals surface area contributed by atoms with Crippen LogP contribution in [0.1, 0.15) is 27.0 Å². The third-order valence-corrected chi connectivity index (χ3v) is 4.83. The van der Waals surface area contributed by atoms with Crippen LogP contribution in [0.2, 0.25) is 0 Å². The van der Waals surface area contributed by atoms with Gasteiger partial charge in [-0.1, -0.05) is 6.07 Å². The molecule has 0 unspecified atom stereocenters. The van der Waals surface area contributed by atoms with Crippen LogP contribution >= 0.6 is 11.8 Å². The maximum Gasteiger partial charge on any atom is 0.278 e. The first-order valence-electron chi connectivity index (χ1n) is 7.98. The molecule has 1 amide bonds. The molecule has 25 heavy (non-hydrogen) atoms. The SMILES string of the molecule is CSc1ccc(Cc2cncc3c2C(=O)N(OCCO)CC3)c(F)c1. The Labute approximate surface area is 149 Å². The molecule has 132 valence electrons. The molecule has 1 aliphatic heterocycles. The van der Waals surface area contributed by atoms with Gasteiger partial charge < -0.3 is 5.11 Å². The van der Waals surface area contributed by atoms with E-state index in [0.717, 1.165) is 10.5 Å². The van der Waals surface area contributed by atoms with Gasteiger partial charge in [-0.05, 0) is 41.5 Å². The first-order chi connectivity index (χ1) is 12.1. The van der Waals surface area contributed by atoms with Crippen molar-refractivity contribution in [3.8, 4) is 0 Å². The summed E-state index contributed by atoms with van der Waals surface area (Å²) in [6.45, 7) is 0.312. The number of hydroxylamine groups is 2. The van der Waals surface area contributed by atoms with Gasteiger partial charge >= 0.3 is 0 Å². The number of amides is 1. The van der Waals surface area contributed by atoms with Crippen molar-refractivity contribution in [2.75, 3.05) is 26.0 Å². The highest BCUT2D eigenvalue weighted by molar-refractivity contribution is 7.98. The minimum atomic E-state index is -0.291. The van der Waals surface area contributed by atoms with E-state index in [-0.39, 0.29) is 31.4 Å². The molecule has 0 atom stereocenters.